The van der Waals surface area contributed by atoms with Gasteiger partial charge in [0.2, 0.25) is 0 Å². The van der Waals surface area contributed by atoms with Crippen molar-refractivity contribution in [3.05, 3.63) is 28.8 Å². The lowest BCUT2D eigenvalue weighted by Gasteiger charge is -2.15. The number of imidazole rings is 1. The molecule has 0 bridgehead atoms. The lowest BCUT2D eigenvalue weighted by Crippen LogP contribution is -2.22. The van der Waals surface area contributed by atoms with E-state index >= 15 is 0 Å². The maximum atomic E-state index is 11.9. The second-order valence-corrected chi connectivity index (χ2v) is 5.32. The largest absolute Gasteiger partial charge is 0.327 e. The van der Waals surface area contributed by atoms with Gasteiger partial charge < -0.3 is 4.90 Å². The molecule has 5 heteroatoms. The predicted molar refractivity (Wildman–Crippen MR) is 82.0 cm³/mol. The third kappa shape index (κ3) is 3.70. The first kappa shape index (κ1) is 14.8. The number of hydrogen-bond donors (Lipinski definition) is 1. The quantitative estimate of drug-likeness (QED) is 0.752. The highest BCUT2D eigenvalue weighted by molar-refractivity contribution is 5.70. The van der Waals surface area contributed by atoms with Crippen LogP contribution in [0.3, 0.4) is 0 Å². The molecular weight excluding hydrogens is 252 g/mol. The van der Waals surface area contributed by atoms with Crippen LogP contribution >= 0.6 is 0 Å². The van der Waals surface area contributed by atoms with Crippen molar-refractivity contribution in [2.24, 2.45) is 0 Å². The van der Waals surface area contributed by atoms with Crippen LogP contribution < -0.4 is 5.69 Å². The highest BCUT2D eigenvalue weighted by Crippen LogP contribution is 2.07. The number of aromatic amines is 1. The van der Waals surface area contributed by atoms with Crippen molar-refractivity contribution in [3.8, 4) is 0 Å². The van der Waals surface area contributed by atoms with Crippen LogP contribution in [0, 0.1) is 0 Å². The summed E-state index contributed by atoms with van der Waals surface area (Å²) in [5.41, 5.74) is 1.52. The Kier molecular flexibility index (Phi) is 5.35. The first-order chi connectivity index (χ1) is 9.72. The SMILES string of the molecule is CCCCN(C)CCCCn1c(=O)[nH]c2ncccc21. The molecule has 1 N–H and O–H groups in total. The standard InChI is InChI=1S/C15H24N4O/c1-3-4-10-18(2)11-5-6-12-19-13-8-7-9-16-14(13)17-15(19)20/h7-9H,3-6,10-12H2,1-2H3,(H,16,17,20). The molecule has 0 amide bonds. The minimum atomic E-state index is -0.0574. The number of aryl methyl sites for hydroxylation is 1. The number of rotatable bonds is 8. The molecule has 0 unspecified atom stereocenters. The van der Waals surface area contributed by atoms with Gasteiger partial charge in [-0.2, -0.15) is 0 Å². The van der Waals surface area contributed by atoms with Gasteiger partial charge in [-0.1, -0.05) is 13.3 Å². The highest BCUT2D eigenvalue weighted by atomic mass is 16.1. The summed E-state index contributed by atoms with van der Waals surface area (Å²) < 4.78 is 1.79. The number of aromatic nitrogens is 3. The first-order valence-electron chi connectivity index (χ1n) is 7.44. The molecule has 110 valence electrons. The fourth-order valence-electron chi connectivity index (χ4n) is 2.40. The summed E-state index contributed by atoms with van der Waals surface area (Å²) in [6.07, 6.45) is 6.31. The molecule has 2 heterocycles. The minimum absolute atomic E-state index is 0.0574. The molecule has 0 aliphatic heterocycles. The number of unbranched alkanes of at least 4 members (excludes halogenated alkanes) is 2. The van der Waals surface area contributed by atoms with Crippen molar-refractivity contribution in [3.63, 3.8) is 0 Å². The van der Waals surface area contributed by atoms with Gasteiger partial charge in [0.15, 0.2) is 5.65 Å². The highest BCUT2D eigenvalue weighted by Gasteiger charge is 2.06. The maximum Gasteiger partial charge on any atom is 0.327 e. The zero-order valence-corrected chi connectivity index (χ0v) is 12.4. The molecule has 0 aliphatic rings. The van der Waals surface area contributed by atoms with Crippen LogP contribution in [0.2, 0.25) is 0 Å². The van der Waals surface area contributed by atoms with E-state index in [0.717, 1.165) is 38.0 Å². The number of hydrogen-bond acceptors (Lipinski definition) is 3. The molecule has 2 aromatic heterocycles. The smallest absolute Gasteiger partial charge is 0.306 e. The average Bonchev–Trinajstić information content (AvgIpc) is 2.77. The minimum Gasteiger partial charge on any atom is -0.306 e. The Morgan fingerprint density at radius 2 is 2.10 bits per heavy atom. The van der Waals surface area contributed by atoms with Crippen molar-refractivity contribution in [1.29, 1.82) is 0 Å². The Bertz CT molecular complexity index is 587. The van der Waals surface area contributed by atoms with E-state index in [-0.39, 0.29) is 5.69 Å². The van der Waals surface area contributed by atoms with Crippen LogP contribution in [0.5, 0.6) is 0 Å². The lowest BCUT2D eigenvalue weighted by atomic mass is 10.2. The van der Waals surface area contributed by atoms with Crippen molar-refractivity contribution in [1.82, 2.24) is 19.4 Å². The summed E-state index contributed by atoms with van der Waals surface area (Å²) in [5, 5.41) is 0. The third-order valence-corrected chi connectivity index (χ3v) is 3.61. The number of pyridine rings is 1. The maximum absolute atomic E-state index is 11.9. The average molecular weight is 276 g/mol. The topological polar surface area (TPSA) is 53.9 Å². The second kappa shape index (κ2) is 7.24. The fourth-order valence-corrected chi connectivity index (χ4v) is 2.40. The van der Waals surface area contributed by atoms with Gasteiger partial charge in [0, 0.05) is 12.7 Å². The Morgan fingerprint density at radius 1 is 1.30 bits per heavy atom. The molecule has 0 aliphatic carbocycles. The van der Waals surface area contributed by atoms with Gasteiger partial charge in [0.1, 0.15) is 0 Å². The van der Waals surface area contributed by atoms with Crippen molar-refractivity contribution in [2.45, 2.75) is 39.2 Å². The molecule has 0 fully saturated rings. The molecular formula is C15H24N4O. The number of nitrogens with one attached hydrogen (secondary N) is 1. The molecule has 0 radical (unpaired) electrons. The molecule has 0 saturated carbocycles. The van der Waals surface area contributed by atoms with Crippen LogP contribution in [0.1, 0.15) is 32.6 Å². The van der Waals surface area contributed by atoms with Gasteiger partial charge in [-0.25, -0.2) is 9.78 Å². The Hall–Kier alpha value is -1.62. The van der Waals surface area contributed by atoms with Gasteiger partial charge in [0.25, 0.3) is 0 Å². The van der Waals surface area contributed by atoms with Crippen molar-refractivity contribution < 1.29 is 0 Å². The number of fused-ring (bicyclic) bond motifs is 1. The summed E-state index contributed by atoms with van der Waals surface area (Å²) in [5.74, 6) is 0. The second-order valence-electron chi connectivity index (χ2n) is 5.32. The molecule has 0 atom stereocenters. The van der Waals surface area contributed by atoms with E-state index in [0.29, 0.717) is 5.65 Å². The van der Waals surface area contributed by atoms with E-state index in [1.54, 1.807) is 10.8 Å². The van der Waals surface area contributed by atoms with Gasteiger partial charge in [-0.3, -0.25) is 9.55 Å². The van der Waals surface area contributed by atoms with Crippen molar-refractivity contribution >= 4 is 11.2 Å². The predicted octanol–water partition coefficient (Wildman–Crippen LogP) is 2.24. The van der Waals surface area contributed by atoms with E-state index in [4.69, 9.17) is 0 Å². The normalized spacial score (nSPS) is 11.6. The van der Waals surface area contributed by atoms with E-state index in [2.05, 4.69) is 28.8 Å². The number of H-pyrrole nitrogens is 1. The molecule has 0 spiro atoms. The van der Waals surface area contributed by atoms with E-state index in [9.17, 15) is 4.79 Å². The Balaban J connectivity index is 1.84. The zero-order chi connectivity index (χ0) is 14.4. The monoisotopic (exact) mass is 276 g/mol. The van der Waals surface area contributed by atoms with Crippen LogP contribution in [-0.2, 0) is 6.54 Å². The Morgan fingerprint density at radius 3 is 2.90 bits per heavy atom. The fraction of sp³-hybridized carbons (Fsp3) is 0.600. The lowest BCUT2D eigenvalue weighted by molar-refractivity contribution is 0.317. The molecule has 20 heavy (non-hydrogen) atoms. The van der Waals surface area contributed by atoms with Crippen LogP contribution in [0.4, 0.5) is 0 Å². The Labute approximate surface area is 119 Å². The molecule has 5 nitrogen and oxygen atoms in total. The van der Waals surface area contributed by atoms with Crippen molar-refractivity contribution in [2.75, 3.05) is 20.1 Å². The van der Waals surface area contributed by atoms with Gasteiger partial charge in [0.05, 0.1) is 5.52 Å². The number of nitrogens with zero attached hydrogens (tertiary/aromatic N) is 3. The summed E-state index contributed by atoms with van der Waals surface area (Å²) in [4.78, 5) is 21.2. The summed E-state index contributed by atoms with van der Waals surface area (Å²) in [6, 6.07) is 3.80. The molecule has 0 aromatic carbocycles. The van der Waals surface area contributed by atoms with E-state index < -0.39 is 0 Å². The molecule has 2 rings (SSSR count). The molecule has 0 saturated heterocycles. The summed E-state index contributed by atoms with van der Waals surface area (Å²) >= 11 is 0. The van der Waals surface area contributed by atoms with Crippen LogP contribution in [-0.4, -0.2) is 39.6 Å². The summed E-state index contributed by atoms with van der Waals surface area (Å²) in [7, 11) is 2.16. The van der Waals surface area contributed by atoms with Crippen LogP contribution in [0.15, 0.2) is 23.1 Å². The van der Waals surface area contributed by atoms with Gasteiger partial charge in [-0.05, 0) is 51.5 Å². The van der Waals surface area contributed by atoms with E-state index in [1.165, 1.54) is 12.8 Å². The summed E-state index contributed by atoms with van der Waals surface area (Å²) in [6.45, 7) is 5.22. The third-order valence-electron chi connectivity index (χ3n) is 3.61. The zero-order valence-electron chi connectivity index (χ0n) is 12.4. The van der Waals surface area contributed by atoms with E-state index in [1.807, 2.05) is 12.1 Å². The molecule has 2 aromatic rings. The van der Waals surface area contributed by atoms with Gasteiger partial charge in [-0.15, -0.1) is 0 Å². The first-order valence-corrected chi connectivity index (χ1v) is 7.44. The van der Waals surface area contributed by atoms with Gasteiger partial charge >= 0.3 is 5.69 Å². The van der Waals surface area contributed by atoms with Crippen LogP contribution in [0.25, 0.3) is 11.2 Å².